The molecule has 2 N–H and O–H groups in total. The Labute approximate surface area is 110 Å². The summed E-state index contributed by atoms with van der Waals surface area (Å²) in [6, 6.07) is 11.6. The molecule has 0 aromatic heterocycles. The predicted molar refractivity (Wildman–Crippen MR) is 75.5 cm³/mol. The van der Waals surface area contributed by atoms with Crippen LogP contribution >= 0.6 is 0 Å². The maximum absolute atomic E-state index is 3.84. The van der Waals surface area contributed by atoms with E-state index in [1.54, 1.807) is 0 Å². The summed E-state index contributed by atoms with van der Waals surface area (Å²) in [5.41, 5.74) is 1.48. The third kappa shape index (κ3) is 3.12. The number of hydrogen-bond donors (Lipinski definition) is 2. The zero-order valence-corrected chi connectivity index (χ0v) is 11.1. The van der Waals surface area contributed by atoms with Crippen LogP contribution in [0.1, 0.15) is 37.3 Å². The van der Waals surface area contributed by atoms with Crippen LogP contribution in [0.15, 0.2) is 30.3 Å². The summed E-state index contributed by atoms with van der Waals surface area (Å²) in [4.78, 5) is 0. The van der Waals surface area contributed by atoms with Crippen molar-refractivity contribution in [2.45, 2.75) is 31.7 Å². The third-order valence-electron chi connectivity index (χ3n) is 4.34. The van der Waals surface area contributed by atoms with Crippen LogP contribution in [0.3, 0.4) is 0 Å². The van der Waals surface area contributed by atoms with Gasteiger partial charge in [0.25, 0.3) is 0 Å². The first-order valence-corrected chi connectivity index (χ1v) is 7.42. The molecule has 1 heterocycles. The van der Waals surface area contributed by atoms with E-state index in [-0.39, 0.29) is 0 Å². The molecule has 1 aromatic carbocycles. The van der Waals surface area contributed by atoms with Crippen molar-refractivity contribution in [3.8, 4) is 0 Å². The first-order valence-electron chi connectivity index (χ1n) is 7.42. The van der Waals surface area contributed by atoms with Crippen molar-refractivity contribution >= 4 is 0 Å². The lowest BCUT2D eigenvalue weighted by Crippen LogP contribution is -2.35. The summed E-state index contributed by atoms with van der Waals surface area (Å²) in [7, 11) is 0. The van der Waals surface area contributed by atoms with Crippen molar-refractivity contribution < 1.29 is 0 Å². The van der Waals surface area contributed by atoms with Crippen molar-refractivity contribution in [3.63, 3.8) is 0 Å². The lowest BCUT2D eigenvalue weighted by Gasteiger charge is -2.26. The fraction of sp³-hybridized carbons (Fsp3) is 0.625. The van der Waals surface area contributed by atoms with Gasteiger partial charge in [-0.3, -0.25) is 0 Å². The molecule has 0 amide bonds. The van der Waals surface area contributed by atoms with Crippen molar-refractivity contribution in [2.75, 3.05) is 19.6 Å². The van der Waals surface area contributed by atoms with E-state index >= 15 is 0 Å². The average Bonchev–Trinajstić information content (AvgIpc) is 3.26. The summed E-state index contributed by atoms with van der Waals surface area (Å²) < 4.78 is 0. The largest absolute Gasteiger partial charge is 0.317 e. The zero-order valence-electron chi connectivity index (χ0n) is 11.1. The molecule has 1 aromatic rings. The predicted octanol–water partition coefficient (Wildman–Crippen LogP) is 2.73. The van der Waals surface area contributed by atoms with Gasteiger partial charge in [0.15, 0.2) is 0 Å². The molecule has 3 rings (SSSR count). The van der Waals surface area contributed by atoms with E-state index in [1.165, 1.54) is 50.9 Å². The maximum atomic E-state index is 3.84. The molecule has 18 heavy (non-hydrogen) atoms. The SMILES string of the molecule is c1ccc(C(NCC2CCNCC2)C2CC2)cc1. The smallest absolute Gasteiger partial charge is 0.0348 e. The fourth-order valence-corrected chi connectivity index (χ4v) is 3.03. The third-order valence-corrected chi connectivity index (χ3v) is 4.34. The number of nitrogens with one attached hydrogen (secondary N) is 2. The van der Waals surface area contributed by atoms with Crippen LogP contribution in [0.25, 0.3) is 0 Å². The molecular formula is C16H24N2. The molecule has 98 valence electrons. The summed E-state index contributed by atoms with van der Waals surface area (Å²) in [5, 5.41) is 7.28. The molecule has 0 spiro atoms. The van der Waals surface area contributed by atoms with E-state index in [0.717, 1.165) is 11.8 Å². The standard InChI is InChI=1S/C16H24N2/c1-2-4-14(5-3-1)16(15-6-7-15)18-12-13-8-10-17-11-9-13/h1-5,13,15-18H,6-12H2. The quantitative estimate of drug-likeness (QED) is 0.832. The molecule has 1 aliphatic carbocycles. The monoisotopic (exact) mass is 244 g/mol. The van der Waals surface area contributed by atoms with E-state index in [9.17, 15) is 0 Å². The minimum atomic E-state index is 0.598. The Bertz CT molecular complexity index is 353. The Morgan fingerprint density at radius 3 is 2.44 bits per heavy atom. The van der Waals surface area contributed by atoms with Gasteiger partial charge in [0.2, 0.25) is 0 Å². The van der Waals surface area contributed by atoms with Crippen molar-refractivity contribution in [1.82, 2.24) is 10.6 Å². The van der Waals surface area contributed by atoms with Gasteiger partial charge in [-0.1, -0.05) is 30.3 Å². The van der Waals surface area contributed by atoms with Crippen LogP contribution < -0.4 is 10.6 Å². The van der Waals surface area contributed by atoms with Crippen molar-refractivity contribution in [3.05, 3.63) is 35.9 Å². The van der Waals surface area contributed by atoms with Gasteiger partial charge in [0.1, 0.15) is 0 Å². The average molecular weight is 244 g/mol. The molecule has 1 atom stereocenters. The van der Waals surface area contributed by atoms with E-state index in [2.05, 4.69) is 41.0 Å². The van der Waals surface area contributed by atoms with Gasteiger partial charge in [0, 0.05) is 6.04 Å². The Balaban J connectivity index is 1.57. The first-order chi connectivity index (χ1) is 8.93. The molecule has 2 nitrogen and oxygen atoms in total. The van der Waals surface area contributed by atoms with Crippen LogP contribution in [0, 0.1) is 11.8 Å². The lowest BCUT2D eigenvalue weighted by molar-refractivity contribution is 0.332. The highest BCUT2D eigenvalue weighted by atomic mass is 14.9. The maximum Gasteiger partial charge on any atom is 0.0348 e. The van der Waals surface area contributed by atoms with Crippen LogP contribution in [-0.2, 0) is 0 Å². The highest BCUT2D eigenvalue weighted by Gasteiger charge is 2.32. The summed E-state index contributed by atoms with van der Waals surface area (Å²) in [5.74, 6) is 1.75. The molecule has 2 aliphatic rings. The Kier molecular flexibility index (Phi) is 3.96. The first kappa shape index (κ1) is 12.2. The van der Waals surface area contributed by atoms with Crippen LogP contribution in [0.2, 0.25) is 0 Å². The molecular weight excluding hydrogens is 220 g/mol. The molecule has 1 aliphatic heterocycles. The molecule has 0 radical (unpaired) electrons. The minimum absolute atomic E-state index is 0.598. The number of hydrogen-bond acceptors (Lipinski definition) is 2. The molecule has 2 heteroatoms. The number of rotatable bonds is 5. The summed E-state index contributed by atoms with van der Waals surface area (Å²) >= 11 is 0. The van der Waals surface area contributed by atoms with Gasteiger partial charge in [0.05, 0.1) is 0 Å². The normalized spacial score (nSPS) is 22.9. The molecule has 0 bridgehead atoms. The molecule has 1 saturated carbocycles. The molecule has 1 unspecified atom stereocenters. The lowest BCUT2D eigenvalue weighted by atomic mass is 9.96. The van der Waals surface area contributed by atoms with Crippen molar-refractivity contribution in [1.29, 1.82) is 0 Å². The highest BCUT2D eigenvalue weighted by Crippen LogP contribution is 2.41. The van der Waals surface area contributed by atoms with E-state index < -0.39 is 0 Å². The number of piperidine rings is 1. The number of benzene rings is 1. The molecule has 2 fully saturated rings. The Morgan fingerprint density at radius 2 is 1.78 bits per heavy atom. The Hall–Kier alpha value is -0.860. The second kappa shape index (κ2) is 5.85. The van der Waals surface area contributed by atoms with Crippen LogP contribution in [0.4, 0.5) is 0 Å². The zero-order chi connectivity index (χ0) is 12.2. The summed E-state index contributed by atoms with van der Waals surface area (Å²) in [6.45, 7) is 3.59. The van der Waals surface area contributed by atoms with Gasteiger partial charge in [-0.05, 0) is 62.7 Å². The van der Waals surface area contributed by atoms with Crippen molar-refractivity contribution in [2.24, 2.45) is 11.8 Å². The minimum Gasteiger partial charge on any atom is -0.317 e. The van der Waals surface area contributed by atoms with Gasteiger partial charge < -0.3 is 10.6 Å². The van der Waals surface area contributed by atoms with Gasteiger partial charge in [-0.25, -0.2) is 0 Å². The topological polar surface area (TPSA) is 24.1 Å². The molecule has 1 saturated heterocycles. The van der Waals surface area contributed by atoms with Gasteiger partial charge >= 0.3 is 0 Å². The van der Waals surface area contributed by atoms with E-state index in [4.69, 9.17) is 0 Å². The van der Waals surface area contributed by atoms with Gasteiger partial charge in [-0.2, -0.15) is 0 Å². The summed E-state index contributed by atoms with van der Waals surface area (Å²) in [6.07, 6.45) is 5.47. The van der Waals surface area contributed by atoms with E-state index in [0.29, 0.717) is 6.04 Å². The van der Waals surface area contributed by atoms with E-state index in [1.807, 2.05) is 0 Å². The Morgan fingerprint density at radius 1 is 1.06 bits per heavy atom. The van der Waals surface area contributed by atoms with Gasteiger partial charge in [-0.15, -0.1) is 0 Å². The second-order valence-corrected chi connectivity index (χ2v) is 5.83. The van der Waals surface area contributed by atoms with Crippen LogP contribution in [0.5, 0.6) is 0 Å². The second-order valence-electron chi connectivity index (χ2n) is 5.83. The fourth-order valence-electron chi connectivity index (χ4n) is 3.03. The highest BCUT2D eigenvalue weighted by molar-refractivity contribution is 5.21. The van der Waals surface area contributed by atoms with Crippen LogP contribution in [-0.4, -0.2) is 19.6 Å².